The molecule has 5 rings (SSSR count). The first-order valence-electron chi connectivity index (χ1n) is 12.3. The van der Waals surface area contributed by atoms with Crippen LogP contribution in [-0.4, -0.2) is 25.5 Å². The van der Waals surface area contributed by atoms with Crippen molar-refractivity contribution in [3.05, 3.63) is 94.0 Å². The van der Waals surface area contributed by atoms with Gasteiger partial charge in [0.15, 0.2) is 0 Å². The van der Waals surface area contributed by atoms with Crippen LogP contribution in [0.2, 0.25) is 5.02 Å². The van der Waals surface area contributed by atoms with Crippen LogP contribution in [0.25, 0.3) is 11.4 Å². The number of anilines is 2. The van der Waals surface area contributed by atoms with E-state index in [1.54, 1.807) is 16.8 Å². The Morgan fingerprint density at radius 3 is 2.45 bits per heavy atom. The summed E-state index contributed by atoms with van der Waals surface area (Å²) in [7, 11) is 1.91. The molecule has 3 heterocycles. The minimum absolute atomic E-state index is 0.195. The largest absolute Gasteiger partial charge is 0.306 e. The highest BCUT2D eigenvalue weighted by Crippen LogP contribution is 2.29. The first-order valence-corrected chi connectivity index (χ1v) is 12.7. The third-order valence-corrected chi connectivity index (χ3v) is 6.87. The average molecular weight is 531 g/mol. The lowest BCUT2D eigenvalue weighted by Gasteiger charge is -2.18. The smallest absolute Gasteiger partial charge is 0.256 e. The van der Waals surface area contributed by atoms with Gasteiger partial charge in [0.2, 0.25) is 0 Å². The van der Waals surface area contributed by atoms with Gasteiger partial charge in [0, 0.05) is 46.6 Å². The second-order valence-corrected chi connectivity index (χ2v) is 10.9. The van der Waals surface area contributed by atoms with Crippen molar-refractivity contribution in [3.63, 3.8) is 0 Å². The van der Waals surface area contributed by atoms with E-state index in [0.29, 0.717) is 16.4 Å². The molecule has 4 aromatic rings. The zero-order valence-corrected chi connectivity index (χ0v) is 23.1. The fraction of sp³-hybridized carbons (Fsp3) is 0.250. The van der Waals surface area contributed by atoms with Crippen LogP contribution in [0, 0.1) is 13.8 Å². The zero-order valence-electron chi connectivity index (χ0n) is 22.3. The monoisotopic (exact) mass is 530 g/mol. The SMILES string of the molecule is Cc1ccc(C(=O)Nc2cc(C(C)(C)C)nn2-c2ccc(Cl)cc2)cc1N1C=C(c2cnn(C)c2C)NN1. The van der Waals surface area contributed by atoms with Crippen LogP contribution in [0.5, 0.6) is 0 Å². The van der Waals surface area contributed by atoms with E-state index in [0.717, 1.165) is 39.6 Å². The topological polar surface area (TPSA) is 92.0 Å². The molecule has 0 unspecified atom stereocenters. The predicted molar refractivity (Wildman–Crippen MR) is 151 cm³/mol. The molecular formula is C28H31ClN8O. The van der Waals surface area contributed by atoms with Gasteiger partial charge in [0.05, 0.1) is 29.0 Å². The molecule has 0 spiro atoms. The van der Waals surface area contributed by atoms with Gasteiger partial charge in [-0.2, -0.15) is 10.2 Å². The van der Waals surface area contributed by atoms with Gasteiger partial charge in [-0.25, -0.2) is 4.68 Å². The maximum Gasteiger partial charge on any atom is 0.256 e. The lowest BCUT2D eigenvalue weighted by atomic mass is 9.92. The minimum Gasteiger partial charge on any atom is -0.306 e. The number of aryl methyl sites for hydroxylation is 2. The van der Waals surface area contributed by atoms with Gasteiger partial charge >= 0.3 is 0 Å². The lowest BCUT2D eigenvalue weighted by Crippen LogP contribution is -2.36. The van der Waals surface area contributed by atoms with Crippen molar-refractivity contribution in [1.29, 1.82) is 0 Å². The van der Waals surface area contributed by atoms with Crippen LogP contribution in [0.4, 0.5) is 11.5 Å². The van der Waals surface area contributed by atoms with Gasteiger partial charge in [-0.1, -0.05) is 38.4 Å². The summed E-state index contributed by atoms with van der Waals surface area (Å²) in [6, 6.07) is 14.9. The molecule has 9 nitrogen and oxygen atoms in total. The summed E-state index contributed by atoms with van der Waals surface area (Å²) in [5.74, 6) is 0.348. The molecule has 0 fully saturated rings. The number of hydrogen-bond donors (Lipinski definition) is 3. The number of carbonyl (C=O) groups excluding carboxylic acids is 1. The second kappa shape index (κ2) is 9.66. The van der Waals surface area contributed by atoms with Gasteiger partial charge in [0.1, 0.15) is 5.82 Å². The molecule has 0 saturated heterocycles. The number of hydrazine groups is 2. The van der Waals surface area contributed by atoms with Crippen LogP contribution >= 0.6 is 11.6 Å². The summed E-state index contributed by atoms with van der Waals surface area (Å²) in [6.07, 6.45) is 3.78. The number of nitrogens with zero attached hydrogens (tertiary/aromatic N) is 5. The summed E-state index contributed by atoms with van der Waals surface area (Å²) in [4.78, 5) is 13.5. The standard InChI is InChI=1S/C28H31ClN8O/c1-17-7-8-19(13-24(17)36-16-23(32-34-36)22-15-30-35(6)18(22)2)27(38)31-26-14-25(28(3,4)5)33-37(26)21-11-9-20(29)10-12-21/h7-16,32,34H,1-6H3,(H,31,38). The number of nitrogens with one attached hydrogen (secondary N) is 3. The first kappa shape index (κ1) is 25.6. The number of carbonyl (C=O) groups is 1. The van der Waals surface area contributed by atoms with Crippen LogP contribution in [-0.2, 0) is 12.5 Å². The van der Waals surface area contributed by atoms with Crippen molar-refractivity contribution in [2.24, 2.45) is 7.05 Å². The maximum atomic E-state index is 13.5. The molecular weight excluding hydrogens is 500 g/mol. The Hall–Kier alpha value is -4.08. The molecule has 3 N–H and O–H groups in total. The zero-order chi connectivity index (χ0) is 27.2. The number of hydrogen-bond acceptors (Lipinski definition) is 6. The molecule has 0 bridgehead atoms. The molecule has 0 saturated carbocycles. The summed E-state index contributed by atoms with van der Waals surface area (Å²) in [5, 5.41) is 14.7. The van der Waals surface area contributed by atoms with E-state index in [1.165, 1.54) is 0 Å². The van der Waals surface area contributed by atoms with E-state index in [1.807, 2.05) is 79.4 Å². The molecule has 2 aromatic carbocycles. The van der Waals surface area contributed by atoms with Gasteiger partial charge < -0.3 is 10.7 Å². The maximum absolute atomic E-state index is 13.5. The Labute approximate surface area is 227 Å². The summed E-state index contributed by atoms with van der Waals surface area (Å²) < 4.78 is 3.57. The van der Waals surface area contributed by atoms with Crippen molar-refractivity contribution in [2.45, 2.75) is 40.0 Å². The highest BCUT2D eigenvalue weighted by molar-refractivity contribution is 6.30. The van der Waals surface area contributed by atoms with Crippen LogP contribution in [0.1, 0.15) is 53.6 Å². The van der Waals surface area contributed by atoms with Crippen LogP contribution in [0.3, 0.4) is 0 Å². The van der Waals surface area contributed by atoms with Gasteiger partial charge in [-0.05, 0) is 55.8 Å². The van der Waals surface area contributed by atoms with Gasteiger partial charge in [-0.3, -0.25) is 14.5 Å². The first-order chi connectivity index (χ1) is 18.0. The Kier molecular flexibility index (Phi) is 6.50. The van der Waals surface area contributed by atoms with Crippen molar-refractivity contribution in [2.75, 3.05) is 10.3 Å². The summed E-state index contributed by atoms with van der Waals surface area (Å²) in [6.45, 7) is 10.3. The number of halogens is 1. The molecule has 196 valence electrons. The minimum atomic E-state index is -0.235. The molecule has 38 heavy (non-hydrogen) atoms. The molecule has 10 heteroatoms. The normalized spacial score (nSPS) is 13.4. The molecule has 1 amide bonds. The van der Waals surface area contributed by atoms with Gasteiger partial charge in [0.25, 0.3) is 5.91 Å². The van der Waals surface area contributed by atoms with E-state index in [4.69, 9.17) is 16.7 Å². The fourth-order valence-electron chi connectivity index (χ4n) is 4.16. The highest BCUT2D eigenvalue weighted by Gasteiger charge is 2.23. The molecule has 1 aliphatic rings. The second-order valence-electron chi connectivity index (χ2n) is 10.4. The quantitative estimate of drug-likeness (QED) is 0.326. The van der Waals surface area contributed by atoms with Crippen LogP contribution in [0.15, 0.2) is 60.9 Å². The number of rotatable bonds is 5. The molecule has 0 radical (unpaired) electrons. The molecule has 2 aromatic heterocycles. The highest BCUT2D eigenvalue weighted by atomic mass is 35.5. The van der Waals surface area contributed by atoms with E-state index < -0.39 is 0 Å². The Bertz CT molecular complexity index is 1540. The predicted octanol–water partition coefficient (Wildman–Crippen LogP) is 5.25. The van der Waals surface area contributed by atoms with E-state index in [2.05, 4.69) is 42.1 Å². The third-order valence-electron chi connectivity index (χ3n) is 6.62. The number of amides is 1. The third kappa shape index (κ3) is 4.90. The van der Waals surface area contributed by atoms with E-state index in [9.17, 15) is 4.79 Å². The Morgan fingerprint density at radius 2 is 1.79 bits per heavy atom. The molecule has 1 aliphatic heterocycles. The summed E-state index contributed by atoms with van der Waals surface area (Å²) >= 11 is 6.09. The van der Waals surface area contributed by atoms with E-state index >= 15 is 0 Å². The van der Waals surface area contributed by atoms with Crippen molar-refractivity contribution < 1.29 is 4.79 Å². The van der Waals surface area contributed by atoms with E-state index in [-0.39, 0.29) is 11.3 Å². The average Bonchev–Trinajstić information content (AvgIpc) is 3.59. The molecule has 0 atom stereocenters. The molecule has 0 aliphatic carbocycles. The van der Waals surface area contributed by atoms with Crippen molar-refractivity contribution >= 4 is 34.7 Å². The fourth-order valence-corrected chi connectivity index (χ4v) is 4.28. The van der Waals surface area contributed by atoms with Crippen molar-refractivity contribution in [1.82, 2.24) is 30.5 Å². The Morgan fingerprint density at radius 1 is 1.05 bits per heavy atom. The van der Waals surface area contributed by atoms with Crippen LogP contribution < -0.4 is 21.3 Å². The van der Waals surface area contributed by atoms with Crippen molar-refractivity contribution in [3.8, 4) is 5.69 Å². The number of aromatic nitrogens is 4. The summed E-state index contributed by atoms with van der Waals surface area (Å²) in [5.41, 5.74) is 13.2. The number of benzene rings is 2. The van der Waals surface area contributed by atoms with Gasteiger partial charge in [-0.15, -0.1) is 5.53 Å². The Balaban J connectivity index is 1.44. The lowest BCUT2D eigenvalue weighted by molar-refractivity contribution is 0.102.